The van der Waals surface area contributed by atoms with Crippen molar-refractivity contribution in [2.45, 2.75) is 103 Å². The number of ether oxygens (including phenoxy) is 1. The maximum Gasteiger partial charge on any atom is 0.302 e. The minimum atomic E-state index is -0.525. The zero-order chi connectivity index (χ0) is 22.6. The van der Waals surface area contributed by atoms with Crippen LogP contribution in [0.3, 0.4) is 0 Å². The summed E-state index contributed by atoms with van der Waals surface area (Å²) in [7, 11) is 0. The number of rotatable bonds is 4. The second-order valence-corrected chi connectivity index (χ2v) is 12.2. The van der Waals surface area contributed by atoms with Gasteiger partial charge in [-0.3, -0.25) is 4.79 Å². The predicted octanol–water partition coefficient (Wildman–Crippen LogP) is 6.32. The first-order chi connectivity index (χ1) is 15.3. The van der Waals surface area contributed by atoms with Crippen LogP contribution in [0.5, 0.6) is 0 Å². The monoisotopic (exact) mass is 438 g/mol. The molecule has 0 radical (unpaired) electrons. The largest absolute Gasteiger partial charge is 0.463 e. The first kappa shape index (κ1) is 22.4. The molecule has 4 aliphatic carbocycles. The molecule has 0 heterocycles. The molecule has 0 amide bonds. The van der Waals surface area contributed by atoms with E-state index in [-0.39, 0.29) is 17.5 Å². The molecule has 0 aromatic heterocycles. The van der Waals surface area contributed by atoms with Crippen LogP contribution in [0.2, 0.25) is 0 Å². The highest BCUT2D eigenvalue weighted by Gasteiger charge is 2.64. The molecule has 4 aliphatic rings. The third kappa shape index (κ3) is 3.54. The highest BCUT2D eigenvalue weighted by molar-refractivity contribution is 5.66. The second-order valence-electron chi connectivity index (χ2n) is 12.2. The molecule has 0 unspecified atom stereocenters. The fraction of sp³-hybridized carbons (Fsp3) is 0.759. The smallest absolute Gasteiger partial charge is 0.302 e. The Kier molecular flexibility index (Phi) is 5.72. The molecule has 0 spiro atoms. The molecule has 176 valence electrons. The number of benzene rings is 1. The zero-order valence-electron chi connectivity index (χ0n) is 20.3. The van der Waals surface area contributed by atoms with Crippen molar-refractivity contribution in [2.75, 3.05) is 0 Å². The number of carbonyl (C=O) groups is 1. The van der Waals surface area contributed by atoms with Crippen molar-refractivity contribution in [1.29, 1.82) is 0 Å². The quantitative estimate of drug-likeness (QED) is 0.559. The van der Waals surface area contributed by atoms with Gasteiger partial charge in [-0.25, -0.2) is 0 Å². The van der Waals surface area contributed by atoms with Crippen LogP contribution in [0.15, 0.2) is 30.3 Å². The van der Waals surface area contributed by atoms with Crippen LogP contribution in [-0.2, 0) is 16.0 Å². The van der Waals surface area contributed by atoms with Crippen molar-refractivity contribution in [1.82, 2.24) is 0 Å². The van der Waals surface area contributed by atoms with Crippen LogP contribution in [0.1, 0.15) is 90.5 Å². The van der Waals surface area contributed by atoms with Crippen molar-refractivity contribution in [3.63, 3.8) is 0 Å². The van der Waals surface area contributed by atoms with E-state index in [0.717, 1.165) is 43.9 Å². The first-order valence-corrected chi connectivity index (χ1v) is 13.2. The summed E-state index contributed by atoms with van der Waals surface area (Å²) in [6, 6.07) is 10.7. The molecular weight excluding hydrogens is 396 g/mol. The van der Waals surface area contributed by atoms with E-state index in [2.05, 4.69) is 44.2 Å². The number of hydrogen-bond donors (Lipinski definition) is 1. The molecule has 3 nitrogen and oxygen atoms in total. The van der Waals surface area contributed by atoms with Gasteiger partial charge in [0.1, 0.15) is 6.10 Å². The van der Waals surface area contributed by atoms with Gasteiger partial charge >= 0.3 is 5.97 Å². The molecule has 5 rings (SSSR count). The number of fused-ring (bicyclic) bond motifs is 5. The van der Waals surface area contributed by atoms with Crippen LogP contribution >= 0.6 is 0 Å². The van der Waals surface area contributed by atoms with Gasteiger partial charge in [0.15, 0.2) is 0 Å². The van der Waals surface area contributed by atoms with E-state index >= 15 is 0 Å². The van der Waals surface area contributed by atoms with Gasteiger partial charge in [0, 0.05) is 6.92 Å². The first-order valence-electron chi connectivity index (χ1n) is 13.2. The summed E-state index contributed by atoms with van der Waals surface area (Å²) in [4.78, 5) is 11.5. The van der Waals surface area contributed by atoms with E-state index in [1.165, 1.54) is 44.1 Å². The standard InChI is InChI=1S/C29H42O3/c1-20(30)32-23-12-15-27(2)22(19-23)9-10-24-25(27)13-16-28(3)26(24)14-18-29(28,31)17-11-21-7-5-4-6-8-21/h4-8,22-26,31H,9-19H2,1-3H3/t22-,23-,24+,25-,26-,27-,28-,29+/m0/s1. The maximum absolute atomic E-state index is 12.0. The molecule has 0 aliphatic heterocycles. The second kappa shape index (κ2) is 8.15. The minimum Gasteiger partial charge on any atom is -0.463 e. The van der Waals surface area contributed by atoms with Gasteiger partial charge in [-0.2, -0.15) is 0 Å². The van der Waals surface area contributed by atoms with Crippen molar-refractivity contribution in [3.05, 3.63) is 35.9 Å². The third-order valence-corrected chi connectivity index (χ3v) is 10.9. The van der Waals surface area contributed by atoms with Gasteiger partial charge in [0.2, 0.25) is 0 Å². The SMILES string of the molecule is CC(=O)O[C@H]1CC[C@@]2(C)[C@@H](CC[C@@H]3[C@@H]2CC[C@@]2(C)[C@H]3CC[C@]2(O)CCc2ccccc2)C1. The number of esters is 1. The molecule has 4 fully saturated rings. The summed E-state index contributed by atoms with van der Waals surface area (Å²) < 4.78 is 5.63. The van der Waals surface area contributed by atoms with Gasteiger partial charge in [-0.15, -0.1) is 0 Å². The molecule has 1 N–H and O–H groups in total. The topological polar surface area (TPSA) is 46.5 Å². The number of hydrogen-bond acceptors (Lipinski definition) is 3. The number of carbonyl (C=O) groups excluding carboxylic acids is 1. The molecular formula is C29H42O3. The van der Waals surface area contributed by atoms with Crippen LogP contribution in [-0.4, -0.2) is 22.8 Å². The number of aryl methyl sites for hydroxylation is 1. The Morgan fingerprint density at radius 1 is 1.00 bits per heavy atom. The van der Waals surface area contributed by atoms with Gasteiger partial charge in [-0.05, 0) is 111 Å². The average Bonchev–Trinajstić information content (AvgIpc) is 3.04. The van der Waals surface area contributed by atoms with Crippen LogP contribution in [0.4, 0.5) is 0 Å². The zero-order valence-corrected chi connectivity index (χ0v) is 20.3. The van der Waals surface area contributed by atoms with E-state index in [1.54, 1.807) is 6.92 Å². The minimum absolute atomic E-state index is 0.0566. The fourth-order valence-corrected chi connectivity index (χ4v) is 9.08. The van der Waals surface area contributed by atoms with Gasteiger partial charge < -0.3 is 9.84 Å². The molecule has 1 aromatic rings. The molecule has 8 atom stereocenters. The lowest BCUT2D eigenvalue weighted by Gasteiger charge is -2.61. The van der Waals surface area contributed by atoms with Crippen molar-refractivity contribution < 1.29 is 14.6 Å². The third-order valence-electron chi connectivity index (χ3n) is 10.9. The lowest BCUT2D eigenvalue weighted by molar-refractivity contribution is -0.170. The summed E-state index contributed by atoms with van der Waals surface area (Å²) in [6.45, 7) is 6.53. The molecule has 1 aromatic carbocycles. The lowest BCUT2D eigenvalue weighted by Crippen LogP contribution is -2.57. The lowest BCUT2D eigenvalue weighted by atomic mass is 9.44. The van der Waals surface area contributed by atoms with Crippen molar-refractivity contribution >= 4 is 5.97 Å². The Bertz CT molecular complexity index is 836. The molecule has 4 saturated carbocycles. The Morgan fingerprint density at radius 3 is 2.50 bits per heavy atom. The van der Waals surface area contributed by atoms with Gasteiger partial charge in [0.25, 0.3) is 0 Å². The van der Waals surface area contributed by atoms with Crippen LogP contribution in [0, 0.1) is 34.5 Å². The van der Waals surface area contributed by atoms with Gasteiger partial charge in [-0.1, -0.05) is 44.2 Å². The fourth-order valence-electron chi connectivity index (χ4n) is 9.08. The normalized spacial score (nSPS) is 45.4. The summed E-state index contributed by atoms with van der Waals surface area (Å²) in [5.41, 5.74) is 1.26. The predicted molar refractivity (Wildman–Crippen MR) is 127 cm³/mol. The van der Waals surface area contributed by atoms with E-state index in [0.29, 0.717) is 17.3 Å². The van der Waals surface area contributed by atoms with Crippen molar-refractivity contribution in [2.24, 2.45) is 34.5 Å². The van der Waals surface area contributed by atoms with E-state index in [9.17, 15) is 9.90 Å². The van der Waals surface area contributed by atoms with Crippen LogP contribution in [0.25, 0.3) is 0 Å². The highest BCUT2D eigenvalue weighted by atomic mass is 16.5. The summed E-state index contributed by atoms with van der Waals surface area (Å²) >= 11 is 0. The van der Waals surface area contributed by atoms with E-state index in [4.69, 9.17) is 4.74 Å². The van der Waals surface area contributed by atoms with E-state index in [1.807, 2.05) is 0 Å². The Balaban J connectivity index is 1.31. The van der Waals surface area contributed by atoms with Crippen LogP contribution < -0.4 is 0 Å². The summed E-state index contributed by atoms with van der Waals surface area (Å²) in [5, 5.41) is 12.0. The summed E-state index contributed by atoms with van der Waals surface area (Å²) in [5.74, 6) is 2.75. The van der Waals surface area contributed by atoms with Gasteiger partial charge in [0.05, 0.1) is 5.60 Å². The Morgan fingerprint density at radius 2 is 1.75 bits per heavy atom. The Labute approximate surface area is 194 Å². The van der Waals surface area contributed by atoms with E-state index < -0.39 is 5.60 Å². The maximum atomic E-state index is 12.0. The molecule has 3 heteroatoms. The highest BCUT2D eigenvalue weighted by Crippen LogP contribution is 2.68. The molecule has 0 saturated heterocycles. The summed E-state index contributed by atoms with van der Waals surface area (Å²) in [6.07, 6.45) is 12.4. The molecule has 0 bridgehead atoms. The van der Waals surface area contributed by atoms with Crippen molar-refractivity contribution in [3.8, 4) is 0 Å². The number of aliphatic hydroxyl groups is 1. The Hall–Kier alpha value is -1.35. The average molecular weight is 439 g/mol. The molecule has 32 heavy (non-hydrogen) atoms.